The molecule has 0 aliphatic rings. The van der Waals surface area contributed by atoms with E-state index in [1.165, 1.54) is 5.37 Å². The molecule has 0 atom stereocenters. The maximum absolute atomic E-state index is 4.78. The van der Waals surface area contributed by atoms with E-state index in [1.807, 2.05) is 6.92 Å². The number of hydrogen-bond acceptors (Lipinski definition) is 4. The summed E-state index contributed by atoms with van der Waals surface area (Å²) < 4.78 is 0. The second-order valence-corrected chi connectivity index (χ2v) is 2.28. The van der Waals surface area contributed by atoms with E-state index < -0.39 is 0 Å². The maximum atomic E-state index is 4.78. The predicted molar refractivity (Wildman–Crippen MR) is 48.7 cm³/mol. The Labute approximate surface area is 70.2 Å². The summed E-state index contributed by atoms with van der Waals surface area (Å²) in [5.41, 5.74) is 1.79. The zero-order chi connectivity index (χ0) is 8.27. The van der Waals surface area contributed by atoms with Gasteiger partial charge in [-0.25, -0.2) is 4.99 Å². The lowest BCUT2D eigenvalue weighted by Crippen LogP contribution is -1.91. The van der Waals surface area contributed by atoms with E-state index in [1.54, 1.807) is 6.20 Å². The molecule has 56 valence electrons. The molecule has 1 aromatic rings. The van der Waals surface area contributed by atoms with E-state index in [2.05, 4.69) is 21.9 Å². The maximum Gasteiger partial charge on any atom is 0.182 e. The molecule has 0 aliphatic heterocycles. The SMILES string of the molecule is C=Nc1nncc(C)c1C=S. The lowest BCUT2D eigenvalue weighted by Gasteiger charge is -1.98. The molecule has 0 bridgehead atoms. The van der Waals surface area contributed by atoms with Crippen LogP contribution in [0.25, 0.3) is 0 Å². The molecule has 1 aromatic heterocycles. The molecule has 1 rings (SSSR count). The topological polar surface area (TPSA) is 38.1 Å². The standard InChI is InChI=1S/C7H7N3S/c1-5-3-9-10-7(8-2)6(5)4-11/h3-4H,2H2,1H3. The summed E-state index contributed by atoms with van der Waals surface area (Å²) in [6.45, 7) is 5.27. The number of aryl methyl sites for hydroxylation is 1. The van der Waals surface area contributed by atoms with Crippen LogP contribution in [0, 0.1) is 6.92 Å². The van der Waals surface area contributed by atoms with Gasteiger partial charge < -0.3 is 0 Å². The average molecular weight is 165 g/mol. The summed E-state index contributed by atoms with van der Waals surface area (Å²) in [4.78, 5) is 3.68. The second kappa shape index (κ2) is 3.30. The third-order valence-electron chi connectivity index (χ3n) is 1.34. The largest absolute Gasteiger partial charge is 0.243 e. The Morgan fingerprint density at radius 1 is 1.73 bits per heavy atom. The highest BCUT2D eigenvalue weighted by Crippen LogP contribution is 2.14. The molecule has 0 aliphatic carbocycles. The third-order valence-corrected chi connectivity index (χ3v) is 1.57. The molecule has 0 aromatic carbocycles. The van der Waals surface area contributed by atoms with Gasteiger partial charge in [0, 0.05) is 10.9 Å². The molecule has 11 heavy (non-hydrogen) atoms. The van der Waals surface area contributed by atoms with Gasteiger partial charge in [-0.15, -0.1) is 5.10 Å². The van der Waals surface area contributed by atoms with Crippen LogP contribution < -0.4 is 0 Å². The number of hydrogen-bond donors (Lipinski definition) is 0. The van der Waals surface area contributed by atoms with Gasteiger partial charge in [-0.05, 0) is 19.2 Å². The first kappa shape index (κ1) is 7.94. The Balaban J connectivity index is 3.35. The van der Waals surface area contributed by atoms with Crippen LogP contribution >= 0.6 is 12.2 Å². The molecule has 0 N–H and O–H groups in total. The predicted octanol–water partition coefficient (Wildman–Crippen LogP) is 1.46. The normalized spacial score (nSPS) is 9.18. The molecular weight excluding hydrogens is 158 g/mol. The summed E-state index contributed by atoms with van der Waals surface area (Å²) in [6, 6.07) is 0. The zero-order valence-corrected chi connectivity index (χ0v) is 6.93. The Morgan fingerprint density at radius 3 is 2.91 bits per heavy atom. The van der Waals surface area contributed by atoms with Gasteiger partial charge in [-0.1, -0.05) is 12.2 Å². The van der Waals surface area contributed by atoms with Crippen molar-refractivity contribution in [2.24, 2.45) is 4.99 Å². The van der Waals surface area contributed by atoms with E-state index in [-0.39, 0.29) is 0 Å². The first-order valence-electron chi connectivity index (χ1n) is 3.03. The van der Waals surface area contributed by atoms with Crippen LogP contribution in [0.4, 0.5) is 5.82 Å². The van der Waals surface area contributed by atoms with Crippen molar-refractivity contribution in [2.45, 2.75) is 6.92 Å². The van der Waals surface area contributed by atoms with Gasteiger partial charge in [-0.2, -0.15) is 5.10 Å². The molecule has 1 heterocycles. The van der Waals surface area contributed by atoms with Crippen molar-refractivity contribution in [1.82, 2.24) is 10.2 Å². The zero-order valence-electron chi connectivity index (χ0n) is 6.11. The van der Waals surface area contributed by atoms with E-state index in [0.29, 0.717) is 5.82 Å². The first-order chi connectivity index (χ1) is 5.29. The summed E-state index contributed by atoms with van der Waals surface area (Å²) in [5, 5.41) is 9.00. The Morgan fingerprint density at radius 2 is 2.45 bits per heavy atom. The molecule has 0 fully saturated rings. The van der Waals surface area contributed by atoms with Crippen molar-refractivity contribution in [1.29, 1.82) is 0 Å². The van der Waals surface area contributed by atoms with E-state index in [9.17, 15) is 0 Å². The van der Waals surface area contributed by atoms with Crippen molar-refractivity contribution in [3.63, 3.8) is 0 Å². The van der Waals surface area contributed by atoms with Crippen molar-refractivity contribution >= 4 is 30.1 Å². The van der Waals surface area contributed by atoms with Crippen LogP contribution in [0.1, 0.15) is 11.1 Å². The monoisotopic (exact) mass is 165 g/mol. The molecule has 0 saturated carbocycles. The van der Waals surface area contributed by atoms with Gasteiger partial charge in [0.25, 0.3) is 0 Å². The number of rotatable bonds is 2. The van der Waals surface area contributed by atoms with E-state index in [0.717, 1.165) is 11.1 Å². The first-order valence-corrected chi connectivity index (χ1v) is 3.51. The van der Waals surface area contributed by atoms with Crippen LogP contribution in [0.3, 0.4) is 0 Å². The van der Waals surface area contributed by atoms with Crippen molar-refractivity contribution < 1.29 is 0 Å². The van der Waals surface area contributed by atoms with Gasteiger partial charge in [-0.3, -0.25) is 0 Å². The summed E-state index contributed by atoms with van der Waals surface area (Å²) >= 11 is 4.78. The van der Waals surface area contributed by atoms with Gasteiger partial charge >= 0.3 is 0 Å². The molecule has 3 nitrogen and oxygen atoms in total. The van der Waals surface area contributed by atoms with Crippen LogP contribution in [-0.2, 0) is 0 Å². The quantitative estimate of drug-likeness (QED) is 0.492. The molecule has 0 spiro atoms. The molecule has 0 amide bonds. The summed E-state index contributed by atoms with van der Waals surface area (Å²) in [6.07, 6.45) is 1.65. The number of thiocarbonyl (C=S) groups is 1. The lowest BCUT2D eigenvalue weighted by molar-refractivity contribution is 1.01. The molecular formula is C7H7N3S. The Bertz CT molecular complexity index is 296. The molecule has 0 saturated heterocycles. The third kappa shape index (κ3) is 1.46. The Hall–Kier alpha value is -1.16. The van der Waals surface area contributed by atoms with Crippen LogP contribution in [-0.4, -0.2) is 22.3 Å². The second-order valence-electron chi connectivity index (χ2n) is 2.04. The number of nitrogens with zero attached hydrogens (tertiary/aromatic N) is 3. The van der Waals surface area contributed by atoms with Crippen LogP contribution in [0.5, 0.6) is 0 Å². The van der Waals surface area contributed by atoms with E-state index >= 15 is 0 Å². The minimum absolute atomic E-state index is 0.500. The van der Waals surface area contributed by atoms with Gasteiger partial charge in [0.1, 0.15) is 0 Å². The van der Waals surface area contributed by atoms with E-state index in [4.69, 9.17) is 12.2 Å². The highest BCUT2D eigenvalue weighted by Gasteiger charge is 2.01. The average Bonchev–Trinajstić information content (AvgIpc) is 2.04. The fourth-order valence-corrected chi connectivity index (χ4v) is 1.02. The molecule has 4 heteroatoms. The van der Waals surface area contributed by atoms with Gasteiger partial charge in [0.2, 0.25) is 0 Å². The minimum atomic E-state index is 0.500. The smallest absolute Gasteiger partial charge is 0.182 e. The fraction of sp³-hybridized carbons (Fsp3) is 0.143. The van der Waals surface area contributed by atoms with Crippen molar-refractivity contribution in [3.8, 4) is 0 Å². The van der Waals surface area contributed by atoms with Crippen LogP contribution in [0.2, 0.25) is 0 Å². The Kier molecular flexibility index (Phi) is 2.38. The number of aromatic nitrogens is 2. The summed E-state index contributed by atoms with van der Waals surface area (Å²) in [5.74, 6) is 0.500. The molecule has 0 radical (unpaired) electrons. The fourth-order valence-electron chi connectivity index (χ4n) is 0.732. The molecule has 0 unspecified atom stereocenters. The highest BCUT2D eigenvalue weighted by molar-refractivity contribution is 7.79. The van der Waals surface area contributed by atoms with Crippen molar-refractivity contribution in [2.75, 3.05) is 0 Å². The van der Waals surface area contributed by atoms with Crippen molar-refractivity contribution in [3.05, 3.63) is 17.3 Å². The van der Waals surface area contributed by atoms with Crippen LogP contribution in [0.15, 0.2) is 11.2 Å². The minimum Gasteiger partial charge on any atom is -0.243 e. The highest BCUT2D eigenvalue weighted by atomic mass is 32.1. The van der Waals surface area contributed by atoms with Gasteiger partial charge in [0.05, 0.1) is 6.20 Å². The summed E-state index contributed by atoms with van der Waals surface area (Å²) in [7, 11) is 0. The number of aliphatic imine (C=N–C) groups is 1. The lowest BCUT2D eigenvalue weighted by atomic mass is 10.2. The van der Waals surface area contributed by atoms with Gasteiger partial charge in [0.15, 0.2) is 5.82 Å².